The fraction of sp³-hybridized carbons (Fsp3) is 0.500. The molecule has 0 spiro atoms. The van der Waals surface area contributed by atoms with Crippen LogP contribution < -0.4 is 0 Å². The molecule has 1 aromatic carbocycles. The summed E-state index contributed by atoms with van der Waals surface area (Å²) in [4.78, 5) is 14.0. The van der Waals surface area contributed by atoms with Gasteiger partial charge in [-0.2, -0.15) is 0 Å². The van der Waals surface area contributed by atoms with Gasteiger partial charge in [0.1, 0.15) is 0 Å². The van der Waals surface area contributed by atoms with Crippen molar-refractivity contribution in [1.29, 1.82) is 0 Å². The molecule has 2 rings (SSSR count). The minimum absolute atomic E-state index is 0.114. The molecule has 116 valence electrons. The molecule has 21 heavy (non-hydrogen) atoms. The molecule has 1 aliphatic rings. The maximum Gasteiger partial charge on any atom is 0.261 e. The highest BCUT2D eigenvalue weighted by Gasteiger charge is 2.25. The summed E-state index contributed by atoms with van der Waals surface area (Å²) in [7, 11) is 3.18. The fourth-order valence-electron chi connectivity index (χ4n) is 2.48. The summed E-state index contributed by atoms with van der Waals surface area (Å²) in [5.74, 6) is 0.304. The maximum absolute atomic E-state index is 12.5. The normalized spacial score (nSPS) is 15.6. The molecule has 0 aliphatic heterocycles. The van der Waals surface area contributed by atoms with E-state index in [0.717, 1.165) is 12.8 Å². The van der Waals surface area contributed by atoms with Crippen LogP contribution in [-0.4, -0.2) is 32.8 Å². The van der Waals surface area contributed by atoms with E-state index in [1.54, 1.807) is 18.9 Å². The topological polar surface area (TPSA) is 54.5 Å². The number of amides is 1. The predicted octanol–water partition coefficient (Wildman–Crippen LogP) is 3.45. The lowest BCUT2D eigenvalue weighted by Gasteiger charge is -2.30. The SMILES string of the molecule is Cc1c(C(=O)N(C)CC2CCC2)cc(Cl)cc1S(=O)(=O)Cl. The van der Waals surface area contributed by atoms with Crippen molar-refractivity contribution < 1.29 is 13.2 Å². The third-order valence-electron chi connectivity index (χ3n) is 3.92. The average molecular weight is 350 g/mol. The highest BCUT2D eigenvalue weighted by atomic mass is 35.7. The summed E-state index contributed by atoms with van der Waals surface area (Å²) in [5, 5.41) is 0.181. The zero-order valence-corrected chi connectivity index (χ0v) is 14.2. The quantitative estimate of drug-likeness (QED) is 0.782. The minimum Gasteiger partial charge on any atom is -0.341 e. The summed E-state index contributed by atoms with van der Waals surface area (Å²) < 4.78 is 23.1. The van der Waals surface area contributed by atoms with E-state index in [-0.39, 0.29) is 21.4 Å². The molecule has 0 bridgehead atoms. The standard InChI is InChI=1S/C14H17Cl2NO3S/c1-9-12(6-11(15)7-13(9)21(16,19)20)14(18)17(2)8-10-4-3-5-10/h6-7,10H,3-5,8H2,1-2H3. The van der Waals surface area contributed by atoms with Gasteiger partial charge >= 0.3 is 0 Å². The number of hydrogen-bond acceptors (Lipinski definition) is 3. The second kappa shape index (κ2) is 6.15. The third-order valence-corrected chi connectivity index (χ3v) is 5.59. The molecular weight excluding hydrogens is 333 g/mol. The number of hydrogen-bond donors (Lipinski definition) is 0. The molecule has 1 saturated carbocycles. The van der Waals surface area contributed by atoms with E-state index < -0.39 is 9.05 Å². The van der Waals surface area contributed by atoms with Crippen LogP contribution in [0.15, 0.2) is 17.0 Å². The Morgan fingerprint density at radius 3 is 2.48 bits per heavy atom. The summed E-state index contributed by atoms with van der Waals surface area (Å²) in [6.07, 6.45) is 3.47. The Hall–Kier alpha value is -0.780. The molecule has 4 nitrogen and oxygen atoms in total. The van der Waals surface area contributed by atoms with Crippen molar-refractivity contribution in [1.82, 2.24) is 4.90 Å². The van der Waals surface area contributed by atoms with E-state index in [2.05, 4.69) is 0 Å². The molecule has 1 amide bonds. The summed E-state index contributed by atoms with van der Waals surface area (Å²) in [5.41, 5.74) is 0.614. The van der Waals surface area contributed by atoms with E-state index in [1.807, 2.05) is 0 Å². The van der Waals surface area contributed by atoms with Crippen molar-refractivity contribution in [2.75, 3.05) is 13.6 Å². The molecule has 0 heterocycles. The van der Waals surface area contributed by atoms with Crippen LogP contribution in [0.2, 0.25) is 5.02 Å². The van der Waals surface area contributed by atoms with Gasteiger partial charge in [-0.25, -0.2) is 8.42 Å². The van der Waals surface area contributed by atoms with Crippen molar-refractivity contribution in [2.45, 2.75) is 31.1 Å². The first kappa shape index (κ1) is 16.6. The smallest absolute Gasteiger partial charge is 0.261 e. The fourth-order valence-corrected chi connectivity index (χ4v) is 3.99. The molecule has 1 aromatic rings. The molecular formula is C14H17Cl2NO3S. The van der Waals surface area contributed by atoms with Gasteiger partial charge in [0.15, 0.2) is 0 Å². The van der Waals surface area contributed by atoms with Crippen LogP contribution in [0.25, 0.3) is 0 Å². The Labute approximate surface area is 134 Å². The lowest BCUT2D eigenvalue weighted by Crippen LogP contribution is -2.34. The van der Waals surface area contributed by atoms with Crippen LogP contribution >= 0.6 is 22.3 Å². The molecule has 7 heteroatoms. The van der Waals surface area contributed by atoms with Crippen molar-refractivity contribution >= 4 is 37.2 Å². The number of carbonyl (C=O) groups is 1. The van der Waals surface area contributed by atoms with Crippen LogP contribution in [0.5, 0.6) is 0 Å². The van der Waals surface area contributed by atoms with Gasteiger partial charge in [-0.1, -0.05) is 18.0 Å². The van der Waals surface area contributed by atoms with Crippen molar-refractivity contribution in [3.8, 4) is 0 Å². The highest BCUT2D eigenvalue weighted by molar-refractivity contribution is 8.13. The zero-order valence-electron chi connectivity index (χ0n) is 11.9. The average Bonchev–Trinajstić information content (AvgIpc) is 2.33. The van der Waals surface area contributed by atoms with Crippen molar-refractivity contribution in [3.05, 3.63) is 28.3 Å². The Morgan fingerprint density at radius 1 is 1.38 bits per heavy atom. The van der Waals surface area contributed by atoms with Gasteiger partial charge < -0.3 is 4.90 Å². The molecule has 0 saturated heterocycles. The Kier molecular flexibility index (Phi) is 4.85. The van der Waals surface area contributed by atoms with Gasteiger partial charge in [-0.05, 0) is 43.4 Å². The number of rotatable bonds is 4. The van der Waals surface area contributed by atoms with Crippen LogP contribution in [0.4, 0.5) is 0 Å². The van der Waals surface area contributed by atoms with Crippen LogP contribution in [0.3, 0.4) is 0 Å². The summed E-state index contributed by atoms with van der Waals surface area (Å²) in [6, 6.07) is 2.75. The zero-order chi connectivity index (χ0) is 15.8. The van der Waals surface area contributed by atoms with Gasteiger partial charge in [0.25, 0.3) is 15.0 Å². The van der Waals surface area contributed by atoms with Crippen LogP contribution in [0, 0.1) is 12.8 Å². The Bertz CT molecular complexity index is 669. The molecule has 0 radical (unpaired) electrons. The summed E-state index contributed by atoms with van der Waals surface area (Å²) >= 11 is 5.93. The predicted molar refractivity (Wildman–Crippen MR) is 83.5 cm³/mol. The number of nitrogens with zero attached hydrogens (tertiary/aromatic N) is 1. The molecule has 1 aliphatic carbocycles. The van der Waals surface area contributed by atoms with Gasteiger partial charge in [0, 0.05) is 34.9 Å². The van der Waals surface area contributed by atoms with Crippen molar-refractivity contribution in [3.63, 3.8) is 0 Å². The molecule has 0 aromatic heterocycles. The summed E-state index contributed by atoms with van der Waals surface area (Å²) in [6.45, 7) is 2.24. The Balaban J connectivity index is 2.34. The maximum atomic E-state index is 12.5. The number of carbonyl (C=O) groups excluding carboxylic acids is 1. The minimum atomic E-state index is -3.94. The lowest BCUT2D eigenvalue weighted by molar-refractivity contribution is 0.0744. The second-order valence-corrected chi connectivity index (χ2v) is 8.47. The lowest BCUT2D eigenvalue weighted by atomic mass is 9.85. The van der Waals surface area contributed by atoms with Gasteiger partial charge in [-0.15, -0.1) is 0 Å². The van der Waals surface area contributed by atoms with Crippen LogP contribution in [0.1, 0.15) is 35.2 Å². The largest absolute Gasteiger partial charge is 0.341 e. The number of benzene rings is 1. The Morgan fingerprint density at radius 2 is 2.00 bits per heavy atom. The van der Waals surface area contributed by atoms with Gasteiger partial charge in [-0.3, -0.25) is 4.79 Å². The monoisotopic (exact) mass is 349 g/mol. The van der Waals surface area contributed by atoms with Crippen LogP contribution in [-0.2, 0) is 9.05 Å². The van der Waals surface area contributed by atoms with E-state index in [4.69, 9.17) is 22.3 Å². The first-order valence-electron chi connectivity index (χ1n) is 6.70. The first-order valence-corrected chi connectivity index (χ1v) is 9.39. The molecule has 1 fully saturated rings. The third kappa shape index (κ3) is 3.71. The second-order valence-electron chi connectivity index (χ2n) is 5.50. The highest BCUT2D eigenvalue weighted by Crippen LogP contribution is 2.30. The van der Waals surface area contributed by atoms with E-state index in [1.165, 1.54) is 18.6 Å². The van der Waals surface area contributed by atoms with Crippen molar-refractivity contribution in [2.24, 2.45) is 5.92 Å². The van der Waals surface area contributed by atoms with E-state index in [9.17, 15) is 13.2 Å². The molecule has 0 atom stereocenters. The van der Waals surface area contributed by atoms with Gasteiger partial charge in [0.05, 0.1) is 4.90 Å². The van der Waals surface area contributed by atoms with E-state index in [0.29, 0.717) is 18.0 Å². The first-order chi connectivity index (χ1) is 9.70. The van der Waals surface area contributed by atoms with Gasteiger partial charge in [0.2, 0.25) is 0 Å². The van der Waals surface area contributed by atoms with E-state index >= 15 is 0 Å². The number of halogens is 2. The molecule has 0 unspecified atom stereocenters. The molecule has 0 N–H and O–H groups in total.